The van der Waals surface area contributed by atoms with E-state index in [-0.39, 0.29) is 12.2 Å². The van der Waals surface area contributed by atoms with E-state index in [0.29, 0.717) is 16.7 Å². The molecule has 0 heterocycles. The van der Waals surface area contributed by atoms with Crippen molar-refractivity contribution < 1.29 is 10.2 Å². The van der Waals surface area contributed by atoms with E-state index in [1.165, 1.54) is 44.9 Å². The van der Waals surface area contributed by atoms with Crippen molar-refractivity contribution in [1.29, 1.82) is 0 Å². The van der Waals surface area contributed by atoms with Crippen molar-refractivity contribution in [3.05, 3.63) is 0 Å². The minimum absolute atomic E-state index is 0.0384. The summed E-state index contributed by atoms with van der Waals surface area (Å²) in [6.07, 6.45) is 13.3. The summed E-state index contributed by atoms with van der Waals surface area (Å²) in [5, 5.41) is 21.0. The van der Waals surface area contributed by atoms with Gasteiger partial charge >= 0.3 is 0 Å². The normalized spacial score (nSPS) is 53.6. The van der Waals surface area contributed by atoms with Gasteiger partial charge in [0.15, 0.2) is 0 Å². The molecule has 4 aliphatic rings. The standard InChI is InChI=1S/C23H40O2/c1-4-5-21(25)20-9-8-18-17-7-6-15-14-16(24)10-12-22(15,2)19(17)11-13-23(18,20)3/h15-21,24-25H,4-14H2,1-3H3/t15-,16+,17-,18-,19-,20+,21-,22-,23-/m0/s1. The smallest absolute Gasteiger partial charge is 0.0573 e. The van der Waals surface area contributed by atoms with Gasteiger partial charge in [0.25, 0.3) is 0 Å². The summed E-state index contributed by atoms with van der Waals surface area (Å²) in [5.41, 5.74) is 0.858. The zero-order chi connectivity index (χ0) is 17.8. The number of hydrogen-bond donors (Lipinski definition) is 2. The molecule has 4 rings (SSSR count). The summed E-state index contributed by atoms with van der Waals surface area (Å²) < 4.78 is 0. The summed E-state index contributed by atoms with van der Waals surface area (Å²) in [4.78, 5) is 0. The minimum atomic E-state index is -0.0756. The van der Waals surface area contributed by atoms with Gasteiger partial charge in [0.2, 0.25) is 0 Å². The molecule has 2 N–H and O–H groups in total. The van der Waals surface area contributed by atoms with Crippen LogP contribution < -0.4 is 0 Å². The first-order chi connectivity index (χ1) is 11.9. The Morgan fingerprint density at radius 1 is 0.920 bits per heavy atom. The van der Waals surface area contributed by atoms with Gasteiger partial charge in [0.05, 0.1) is 12.2 Å². The first-order valence-electron chi connectivity index (χ1n) is 11.3. The molecule has 0 spiro atoms. The van der Waals surface area contributed by atoms with Crippen LogP contribution >= 0.6 is 0 Å². The maximum absolute atomic E-state index is 10.8. The summed E-state index contributed by atoms with van der Waals surface area (Å²) in [6.45, 7) is 7.30. The highest BCUT2D eigenvalue weighted by Gasteiger charge is 2.60. The molecule has 25 heavy (non-hydrogen) atoms. The predicted octanol–water partition coefficient (Wildman–Crippen LogP) is 5.17. The van der Waals surface area contributed by atoms with Crippen molar-refractivity contribution in [2.45, 2.75) is 104 Å². The minimum Gasteiger partial charge on any atom is -0.393 e. The lowest BCUT2D eigenvalue weighted by Gasteiger charge is -2.61. The van der Waals surface area contributed by atoms with Gasteiger partial charge in [-0.3, -0.25) is 0 Å². The average molecular weight is 349 g/mol. The molecule has 2 heteroatoms. The fourth-order valence-electron chi connectivity index (χ4n) is 8.41. The van der Waals surface area contributed by atoms with Crippen molar-refractivity contribution >= 4 is 0 Å². The Morgan fingerprint density at radius 3 is 2.40 bits per heavy atom. The van der Waals surface area contributed by atoms with Crippen molar-refractivity contribution in [1.82, 2.24) is 0 Å². The second kappa shape index (κ2) is 6.51. The van der Waals surface area contributed by atoms with Gasteiger partial charge < -0.3 is 10.2 Å². The molecule has 9 atom stereocenters. The van der Waals surface area contributed by atoms with E-state index >= 15 is 0 Å². The Morgan fingerprint density at radius 2 is 1.64 bits per heavy atom. The zero-order valence-corrected chi connectivity index (χ0v) is 16.7. The van der Waals surface area contributed by atoms with Crippen LogP contribution in [0, 0.1) is 40.4 Å². The topological polar surface area (TPSA) is 40.5 Å². The van der Waals surface area contributed by atoms with E-state index in [0.717, 1.165) is 49.4 Å². The molecule has 0 aromatic rings. The summed E-state index contributed by atoms with van der Waals surface area (Å²) >= 11 is 0. The molecule has 0 aromatic heterocycles. The van der Waals surface area contributed by atoms with Gasteiger partial charge in [-0.2, -0.15) is 0 Å². The molecular weight excluding hydrogens is 308 g/mol. The summed E-state index contributed by atoms with van der Waals surface area (Å²) in [6, 6.07) is 0. The predicted molar refractivity (Wildman–Crippen MR) is 102 cm³/mol. The highest BCUT2D eigenvalue weighted by molar-refractivity contribution is 5.10. The van der Waals surface area contributed by atoms with Crippen molar-refractivity contribution in [2.24, 2.45) is 40.4 Å². The van der Waals surface area contributed by atoms with Crippen LogP contribution in [0.2, 0.25) is 0 Å². The van der Waals surface area contributed by atoms with Crippen LogP contribution in [0.5, 0.6) is 0 Å². The van der Waals surface area contributed by atoms with Crippen LogP contribution in [0.4, 0.5) is 0 Å². The quantitative estimate of drug-likeness (QED) is 0.739. The first kappa shape index (κ1) is 18.3. The fraction of sp³-hybridized carbons (Fsp3) is 1.00. The van der Waals surface area contributed by atoms with E-state index in [1.54, 1.807) is 0 Å². The first-order valence-corrected chi connectivity index (χ1v) is 11.3. The Kier molecular flexibility index (Phi) is 4.77. The van der Waals surface area contributed by atoms with Gasteiger partial charge in [-0.15, -0.1) is 0 Å². The van der Waals surface area contributed by atoms with Gasteiger partial charge in [-0.1, -0.05) is 27.2 Å². The maximum atomic E-state index is 10.8. The van der Waals surface area contributed by atoms with E-state index in [2.05, 4.69) is 20.8 Å². The number of fused-ring (bicyclic) bond motifs is 5. The van der Waals surface area contributed by atoms with Crippen molar-refractivity contribution in [2.75, 3.05) is 0 Å². The van der Waals surface area contributed by atoms with Gasteiger partial charge in [0.1, 0.15) is 0 Å². The molecule has 4 saturated carbocycles. The zero-order valence-electron chi connectivity index (χ0n) is 16.7. The second-order valence-electron chi connectivity index (χ2n) is 10.7. The highest BCUT2D eigenvalue weighted by Crippen LogP contribution is 2.67. The maximum Gasteiger partial charge on any atom is 0.0573 e. The second-order valence-corrected chi connectivity index (χ2v) is 10.7. The number of hydrogen-bond acceptors (Lipinski definition) is 2. The molecule has 0 radical (unpaired) electrons. The summed E-state index contributed by atoms with van der Waals surface area (Å²) in [5.74, 6) is 3.89. The van der Waals surface area contributed by atoms with Crippen LogP contribution in [-0.2, 0) is 0 Å². The molecular formula is C23H40O2. The van der Waals surface area contributed by atoms with E-state index < -0.39 is 0 Å². The molecule has 0 bridgehead atoms. The molecule has 0 aromatic carbocycles. The summed E-state index contributed by atoms with van der Waals surface area (Å²) in [7, 11) is 0. The Bertz CT molecular complexity index is 490. The van der Waals surface area contributed by atoms with Crippen LogP contribution in [0.15, 0.2) is 0 Å². The SMILES string of the molecule is CCC[C@H](O)[C@H]1CC[C@H]2[C@@H]3CC[C@H]4C[C@H](O)CC[C@]4(C)[C@H]3CC[C@]12C. The van der Waals surface area contributed by atoms with Gasteiger partial charge in [-0.05, 0) is 105 Å². The lowest BCUT2D eigenvalue weighted by atomic mass is 9.44. The fourth-order valence-corrected chi connectivity index (χ4v) is 8.41. The molecule has 144 valence electrons. The number of aliphatic hydroxyl groups is 2. The monoisotopic (exact) mass is 348 g/mol. The Hall–Kier alpha value is -0.0800. The third kappa shape index (κ3) is 2.73. The average Bonchev–Trinajstić information content (AvgIpc) is 2.93. The molecule has 2 nitrogen and oxygen atoms in total. The van der Waals surface area contributed by atoms with Gasteiger partial charge in [-0.25, -0.2) is 0 Å². The molecule has 0 amide bonds. The lowest BCUT2D eigenvalue weighted by molar-refractivity contribution is -0.133. The van der Waals surface area contributed by atoms with Crippen molar-refractivity contribution in [3.63, 3.8) is 0 Å². The van der Waals surface area contributed by atoms with Crippen molar-refractivity contribution in [3.8, 4) is 0 Å². The number of rotatable bonds is 3. The van der Waals surface area contributed by atoms with Gasteiger partial charge in [0, 0.05) is 0 Å². The highest BCUT2D eigenvalue weighted by atomic mass is 16.3. The third-order valence-electron chi connectivity index (χ3n) is 9.76. The largest absolute Gasteiger partial charge is 0.393 e. The van der Waals surface area contributed by atoms with Crippen LogP contribution in [0.25, 0.3) is 0 Å². The van der Waals surface area contributed by atoms with E-state index in [4.69, 9.17) is 0 Å². The molecule has 0 saturated heterocycles. The van der Waals surface area contributed by atoms with Crippen LogP contribution in [0.3, 0.4) is 0 Å². The number of aliphatic hydroxyl groups excluding tert-OH is 2. The van der Waals surface area contributed by atoms with E-state index in [9.17, 15) is 10.2 Å². The van der Waals surface area contributed by atoms with Crippen LogP contribution in [-0.4, -0.2) is 22.4 Å². The van der Waals surface area contributed by atoms with E-state index in [1.807, 2.05) is 0 Å². The molecule has 0 unspecified atom stereocenters. The Balaban J connectivity index is 1.56. The third-order valence-corrected chi connectivity index (χ3v) is 9.76. The molecule has 0 aliphatic heterocycles. The Labute approximate surface area is 154 Å². The molecule has 4 aliphatic carbocycles. The molecule has 4 fully saturated rings. The van der Waals surface area contributed by atoms with Crippen LogP contribution in [0.1, 0.15) is 91.4 Å². The lowest BCUT2D eigenvalue weighted by Crippen LogP contribution is -2.54.